The number of anilines is 1. The number of carbonyl (C=O) groups excluding carboxylic acids is 1. The fourth-order valence-corrected chi connectivity index (χ4v) is 4.19. The maximum atomic E-state index is 12.5. The van der Waals surface area contributed by atoms with Crippen molar-refractivity contribution in [3.8, 4) is 0 Å². The van der Waals surface area contributed by atoms with Crippen LogP contribution in [-0.4, -0.2) is 31.7 Å². The zero-order valence-electron chi connectivity index (χ0n) is 15.6. The highest BCUT2D eigenvalue weighted by molar-refractivity contribution is 7.89. The van der Waals surface area contributed by atoms with Crippen molar-refractivity contribution in [1.29, 1.82) is 0 Å². The molecule has 0 saturated carbocycles. The van der Waals surface area contributed by atoms with Crippen LogP contribution in [0.25, 0.3) is 6.08 Å². The number of hydrogen-bond acceptors (Lipinski definition) is 3. The van der Waals surface area contributed by atoms with E-state index in [-0.39, 0.29) is 10.8 Å². The number of halogens is 1. The monoisotopic (exact) mass is 406 g/mol. The highest BCUT2D eigenvalue weighted by atomic mass is 35.5. The Morgan fingerprint density at radius 3 is 2.33 bits per heavy atom. The summed E-state index contributed by atoms with van der Waals surface area (Å²) in [6.45, 7) is 6.28. The summed E-state index contributed by atoms with van der Waals surface area (Å²) < 4.78 is 26.3. The summed E-state index contributed by atoms with van der Waals surface area (Å²) in [6.07, 6.45) is 3.03. The first-order valence-corrected chi connectivity index (χ1v) is 10.5. The quantitative estimate of drug-likeness (QED) is 0.696. The van der Waals surface area contributed by atoms with Gasteiger partial charge in [0.2, 0.25) is 15.9 Å². The molecule has 0 bridgehead atoms. The van der Waals surface area contributed by atoms with E-state index in [1.54, 1.807) is 62.4 Å². The number of benzene rings is 2. The fourth-order valence-electron chi connectivity index (χ4n) is 2.55. The Hall–Kier alpha value is -2.15. The molecule has 2 rings (SSSR count). The van der Waals surface area contributed by atoms with Crippen LogP contribution in [0.5, 0.6) is 0 Å². The maximum absolute atomic E-state index is 12.5. The van der Waals surface area contributed by atoms with E-state index in [0.717, 1.165) is 11.1 Å². The third-order valence-corrected chi connectivity index (χ3v) is 6.65. The number of nitrogens with one attached hydrogen (secondary N) is 1. The van der Waals surface area contributed by atoms with E-state index < -0.39 is 10.0 Å². The maximum Gasteiger partial charge on any atom is 0.248 e. The lowest BCUT2D eigenvalue weighted by atomic mass is 10.2. The molecule has 27 heavy (non-hydrogen) atoms. The van der Waals surface area contributed by atoms with Crippen LogP contribution in [0.15, 0.2) is 53.4 Å². The third-order valence-electron chi connectivity index (χ3n) is 4.18. The van der Waals surface area contributed by atoms with Crippen molar-refractivity contribution in [2.45, 2.75) is 25.7 Å². The molecule has 7 heteroatoms. The van der Waals surface area contributed by atoms with E-state index in [0.29, 0.717) is 23.8 Å². The summed E-state index contributed by atoms with van der Waals surface area (Å²) in [4.78, 5) is 12.3. The summed E-state index contributed by atoms with van der Waals surface area (Å²) >= 11 is 6.04. The van der Waals surface area contributed by atoms with Gasteiger partial charge < -0.3 is 5.32 Å². The van der Waals surface area contributed by atoms with E-state index >= 15 is 0 Å². The molecule has 0 unspecified atom stereocenters. The smallest absolute Gasteiger partial charge is 0.248 e. The zero-order valence-corrected chi connectivity index (χ0v) is 17.1. The molecule has 0 heterocycles. The highest BCUT2D eigenvalue weighted by Crippen LogP contribution is 2.23. The first-order chi connectivity index (χ1) is 12.8. The predicted octanol–water partition coefficient (Wildman–Crippen LogP) is 4.33. The summed E-state index contributed by atoms with van der Waals surface area (Å²) in [5.41, 5.74) is 2.18. The number of rotatable bonds is 7. The summed E-state index contributed by atoms with van der Waals surface area (Å²) in [6, 6.07) is 11.7. The van der Waals surface area contributed by atoms with Gasteiger partial charge in [-0.25, -0.2) is 8.42 Å². The van der Waals surface area contributed by atoms with Crippen molar-refractivity contribution in [1.82, 2.24) is 4.31 Å². The number of hydrogen-bond donors (Lipinski definition) is 1. The number of nitrogens with zero attached hydrogens (tertiary/aromatic N) is 1. The average Bonchev–Trinajstić information content (AvgIpc) is 2.65. The second-order valence-corrected chi connectivity index (χ2v) is 8.24. The molecule has 2 aromatic rings. The number of carbonyl (C=O) groups is 1. The minimum atomic E-state index is -3.48. The Kier molecular flexibility index (Phi) is 7.18. The van der Waals surface area contributed by atoms with Gasteiger partial charge in [-0.1, -0.05) is 43.6 Å². The van der Waals surface area contributed by atoms with Crippen LogP contribution >= 0.6 is 11.6 Å². The molecular formula is C20H23ClN2O3S. The first kappa shape index (κ1) is 21.2. The van der Waals surface area contributed by atoms with Crippen LogP contribution in [0.4, 0.5) is 5.69 Å². The highest BCUT2D eigenvalue weighted by Gasteiger charge is 2.20. The van der Waals surface area contributed by atoms with Crippen molar-refractivity contribution in [2.75, 3.05) is 18.4 Å². The van der Waals surface area contributed by atoms with Crippen LogP contribution in [0.3, 0.4) is 0 Å². The van der Waals surface area contributed by atoms with Gasteiger partial charge in [-0.2, -0.15) is 4.31 Å². The molecule has 5 nitrogen and oxygen atoms in total. The first-order valence-electron chi connectivity index (χ1n) is 8.64. The van der Waals surface area contributed by atoms with Gasteiger partial charge in [-0.05, 0) is 48.4 Å². The van der Waals surface area contributed by atoms with Gasteiger partial charge in [-0.3, -0.25) is 4.79 Å². The van der Waals surface area contributed by atoms with E-state index in [1.807, 2.05) is 6.92 Å². The molecule has 1 amide bonds. The zero-order chi connectivity index (χ0) is 20.0. The molecule has 0 radical (unpaired) electrons. The number of sulfonamides is 1. The Morgan fingerprint density at radius 1 is 1.11 bits per heavy atom. The number of amides is 1. The van der Waals surface area contributed by atoms with Crippen molar-refractivity contribution in [2.24, 2.45) is 0 Å². The average molecular weight is 407 g/mol. The van der Waals surface area contributed by atoms with E-state index in [2.05, 4.69) is 5.32 Å². The molecule has 0 aromatic heterocycles. The summed E-state index contributed by atoms with van der Waals surface area (Å²) in [5, 5.41) is 3.36. The molecule has 1 N–H and O–H groups in total. The normalized spacial score (nSPS) is 11.9. The topological polar surface area (TPSA) is 66.5 Å². The minimum absolute atomic E-state index is 0.238. The molecule has 0 saturated heterocycles. The molecule has 0 aliphatic heterocycles. The second kappa shape index (κ2) is 9.17. The van der Waals surface area contributed by atoms with E-state index in [9.17, 15) is 13.2 Å². The molecular weight excluding hydrogens is 384 g/mol. The van der Waals surface area contributed by atoms with Gasteiger partial charge in [-0.15, -0.1) is 0 Å². The molecule has 0 fully saturated rings. The van der Waals surface area contributed by atoms with Crippen LogP contribution in [0, 0.1) is 6.92 Å². The molecule has 0 spiro atoms. The predicted molar refractivity (Wildman–Crippen MR) is 110 cm³/mol. The molecule has 0 aliphatic carbocycles. The standard InChI is InChI=1S/C20H23ClN2O3S/c1-4-23(5-2)27(25,26)17-12-9-16(10-13-17)11-14-20(24)22-19-8-6-7-18(21)15(19)3/h6-14H,4-5H2,1-3H3,(H,22,24)/b14-11+. The van der Waals surface area contributed by atoms with Gasteiger partial charge in [0.05, 0.1) is 4.90 Å². The third kappa shape index (κ3) is 5.19. The lowest BCUT2D eigenvalue weighted by Gasteiger charge is -2.18. The lowest BCUT2D eigenvalue weighted by molar-refractivity contribution is -0.111. The van der Waals surface area contributed by atoms with Crippen LogP contribution in [-0.2, 0) is 14.8 Å². The van der Waals surface area contributed by atoms with E-state index in [1.165, 1.54) is 10.4 Å². The van der Waals surface area contributed by atoms with Crippen molar-refractivity contribution in [3.63, 3.8) is 0 Å². The summed E-state index contributed by atoms with van der Waals surface area (Å²) in [7, 11) is -3.48. The minimum Gasteiger partial charge on any atom is -0.322 e. The fraction of sp³-hybridized carbons (Fsp3) is 0.250. The largest absolute Gasteiger partial charge is 0.322 e. The summed E-state index contributed by atoms with van der Waals surface area (Å²) in [5.74, 6) is -0.291. The van der Waals surface area contributed by atoms with Crippen molar-refractivity contribution < 1.29 is 13.2 Å². The second-order valence-electron chi connectivity index (χ2n) is 5.89. The lowest BCUT2D eigenvalue weighted by Crippen LogP contribution is -2.30. The SMILES string of the molecule is CCN(CC)S(=O)(=O)c1ccc(/C=C/C(=O)Nc2cccc(Cl)c2C)cc1. The molecule has 144 valence electrons. The molecule has 0 aliphatic rings. The van der Waals surface area contributed by atoms with Gasteiger partial charge in [0, 0.05) is 29.9 Å². The Labute approximate surface area is 165 Å². The van der Waals surface area contributed by atoms with Crippen LogP contribution < -0.4 is 5.32 Å². The Morgan fingerprint density at radius 2 is 1.74 bits per heavy atom. The van der Waals surface area contributed by atoms with Crippen molar-refractivity contribution in [3.05, 3.63) is 64.7 Å². The van der Waals surface area contributed by atoms with Crippen LogP contribution in [0.1, 0.15) is 25.0 Å². The molecule has 0 atom stereocenters. The Bertz CT molecular complexity index is 934. The Balaban J connectivity index is 2.09. The van der Waals surface area contributed by atoms with Gasteiger partial charge in [0.15, 0.2) is 0 Å². The van der Waals surface area contributed by atoms with Crippen molar-refractivity contribution >= 4 is 39.3 Å². The van der Waals surface area contributed by atoms with E-state index in [4.69, 9.17) is 11.6 Å². The molecule has 2 aromatic carbocycles. The van der Waals surface area contributed by atoms with Gasteiger partial charge in [0.1, 0.15) is 0 Å². The van der Waals surface area contributed by atoms with Crippen LogP contribution in [0.2, 0.25) is 5.02 Å². The van der Waals surface area contributed by atoms with Gasteiger partial charge in [0.25, 0.3) is 0 Å². The van der Waals surface area contributed by atoms with Gasteiger partial charge >= 0.3 is 0 Å².